The lowest BCUT2D eigenvalue weighted by atomic mass is 9.95. The quantitative estimate of drug-likeness (QED) is 0.414. The molecule has 0 aromatic heterocycles. The van der Waals surface area contributed by atoms with Crippen LogP contribution in [0.15, 0.2) is 24.3 Å². The van der Waals surface area contributed by atoms with Crippen molar-refractivity contribution in [1.82, 2.24) is 0 Å². The number of esters is 1. The van der Waals surface area contributed by atoms with Gasteiger partial charge in [-0.15, -0.1) is 0 Å². The van der Waals surface area contributed by atoms with Crippen LogP contribution in [0.5, 0.6) is 0 Å². The fourth-order valence-corrected chi connectivity index (χ4v) is 1.83. The second-order valence-electron chi connectivity index (χ2n) is 2.97. The molecule has 0 N–H and O–H groups in total. The minimum atomic E-state index is -0.0880. The predicted octanol–water partition coefficient (Wildman–Crippen LogP) is 1.15. The van der Waals surface area contributed by atoms with Crippen molar-refractivity contribution in [2.24, 2.45) is 17.8 Å². The molecule has 2 bridgehead atoms. The Hall–Kier alpha value is -1.05. The number of carbonyl (C=O) groups is 1. The third kappa shape index (κ3) is 0.821. The second-order valence-corrected chi connectivity index (χ2v) is 2.97. The van der Waals surface area contributed by atoms with Crippen LogP contribution in [-0.4, -0.2) is 13.1 Å². The first-order valence-electron chi connectivity index (χ1n) is 3.77. The summed E-state index contributed by atoms with van der Waals surface area (Å²) in [6.45, 7) is 0. The molecule has 0 amide bonds. The van der Waals surface area contributed by atoms with E-state index in [9.17, 15) is 4.79 Å². The molecule has 11 heavy (non-hydrogen) atoms. The number of allylic oxidation sites excluding steroid dienone is 4. The van der Waals surface area contributed by atoms with Gasteiger partial charge >= 0.3 is 5.97 Å². The molecule has 0 aromatic carbocycles. The molecular weight excluding hydrogens is 140 g/mol. The highest BCUT2D eigenvalue weighted by molar-refractivity contribution is 5.76. The summed E-state index contributed by atoms with van der Waals surface area (Å²) in [5, 5.41) is 0. The van der Waals surface area contributed by atoms with Crippen LogP contribution in [0.3, 0.4) is 0 Å². The molecule has 0 unspecified atom stereocenters. The van der Waals surface area contributed by atoms with Crippen molar-refractivity contribution in [3.05, 3.63) is 24.3 Å². The van der Waals surface area contributed by atoms with Gasteiger partial charge in [-0.25, -0.2) is 0 Å². The van der Waals surface area contributed by atoms with E-state index in [1.165, 1.54) is 7.11 Å². The molecule has 0 atom stereocenters. The molecule has 58 valence electrons. The summed E-state index contributed by atoms with van der Waals surface area (Å²) in [5.41, 5.74) is 0. The topological polar surface area (TPSA) is 26.3 Å². The lowest BCUT2D eigenvalue weighted by molar-refractivity contribution is -0.146. The van der Waals surface area contributed by atoms with E-state index < -0.39 is 0 Å². The number of methoxy groups -OCH3 is 1. The third-order valence-electron chi connectivity index (χ3n) is 2.41. The molecule has 0 saturated heterocycles. The maximum atomic E-state index is 11.2. The van der Waals surface area contributed by atoms with Gasteiger partial charge < -0.3 is 4.74 Å². The average Bonchev–Trinajstić information content (AvgIpc) is 2.61. The van der Waals surface area contributed by atoms with Crippen LogP contribution in [0.25, 0.3) is 0 Å². The minimum absolute atomic E-state index is 0.0417. The Bertz CT molecular complexity index is 210. The van der Waals surface area contributed by atoms with Crippen LogP contribution < -0.4 is 0 Å². The molecule has 0 heterocycles. The molecule has 0 saturated carbocycles. The molecule has 2 aliphatic rings. The smallest absolute Gasteiger partial charge is 0.310 e. The Morgan fingerprint density at radius 3 is 2.00 bits per heavy atom. The zero-order valence-corrected chi connectivity index (χ0v) is 6.36. The Balaban J connectivity index is 2.16. The number of hydrogen-bond acceptors (Lipinski definition) is 2. The van der Waals surface area contributed by atoms with Gasteiger partial charge in [0.15, 0.2) is 0 Å². The summed E-state index contributed by atoms with van der Waals surface area (Å²) in [4.78, 5) is 11.2. The monoisotopic (exact) mass is 150 g/mol. The number of carbonyl (C=O) groups excluding carboxylic acids is 1. The third-order valence-corrected chi connectivity index (χ3v) is 2.41. The van der Waals surface area contributed by atoms with Gasteiger partial charge in [0, 0.05) is 11.8 Å². The highest BCUT2D eigenvalue weighted by Gasteiger charge is 2.39. The zero-order valence-electron chi connectivity index (χ0n) is 6.36. The van der Waals surface area contributed by atoms with Gasteiger partial charge in [0.25, 0.3) is 0 Å². The van der Waals surface area contributed by atoms with Gasteiger partial charge in [0.1, 0.15) is 0 Å². The molecule has 0 aliphatic heterocycles. The van der Waals surface area contributed by atoms with Gasteiger partial charge in [-0.2, -0.15) is 0 Å². The fraction of sp³-hybridized carbons (Fsp3) is 0.444. The van der Waals surface area contributed by atoms with E-state index in [-0.39, 0.29) is 11.9 Å². The molecule has 2 aliphatic carbocycles. The number of fused-ring (bicyclic) bond motifs is 2. The van der Waals surface area contributed by atoms with E-state index in [1.54, 1.807) is 0 Å². The van der Waals surface area contributed by atoms with E-state index >= 15 is 0 Å². The van der Waals surface area contributed by atoms with E-state index in [2.05, 4.69) is 24.3 Å². The highest BCUT2D eigenvalue weighted by atomic mass is 16.5. The first kappa shape index (κ1) is 6.65. The van der Waals surface area contributed by atoms with Gasteiger partial charge in [-0.3, -0.25) is 4.79 Å². The Labute approximate surface area is 65.5 Å². The molecular formula is C9H10O2. The van der Waals surface area contributed by atoms with Crippen molar-refractivity contribution >= 4 is 5.97 Å². The summed E-state index contributed by atoms with van der Waals surface area (Å²) >= 11 is 0. The van der Waals surface area contributed by atoms with Crippen molar-refractivity contribution in [1.29, 1.82) is 0 Å². The number of ether oxygens (including phenoxy) is 1. The van der Waals surface area contributed by atoms with Crippen LogP contribution in [0.1, 0.15) is 0 Å². The number of rotatable bonds is 1. The SMILES string of the molecule is COC(=O)C1C2C=CC1C=C2. The normalized spacial score (nSPS) is 38.1. The van der Waals surface area contributed by atoms with Crippen LogP contribution >= 0.6 is 0 Å². The summed E-state index contributed by atoms with van der Waals surface area (Å²) in [6.07, 6.45) is 8.30. The number of hydrogen-bond donors (Lipinski definition) is 0. The maximum Gasteiger partial charge on any atom is 0.310 e. The van der Waals surface area contributed by atoms with Gasteiger partial charge in [-0.05, 0) is 0 Å². The lowest BCUT2D eigenvalue weighted by Gasteiger charge is -2.11. The Morgan fingerprint density at radius 1 is 1.18 bits per heavy atom. The van der Waals surface area contributed by atoms with Crippen molar-refractivity contribution in [3.8, 4) is 0 Å². The van der Waals surface area contributed by atoms with E-state index in [1.807, 2.05) is 0 Å². The maximum absolute atomic E-state index is 11.2. The van der Waals surface area contributed by atoms with E-state index in [4.69, 9.17) is 4.74 Å². The largest absolute Gasteiger partial charge is 0.469 e. The Kier molecular flexibility index (Phi) is 1.34. The zero-order chi connectivity index (χ0) is 7.84. The predicted molar refractivity (Wildman–Crippen MR) is 40.8 cm³/mol. The summed E-state index contributed by atoms with van der Waals surface area (Å²) in [5.74, 6) is 0.551. The molecule has 0 fully saturated rings. The molecule has 0 aromatic rings. The van der Waals surface area contributed by atoms with E-state index in [0.29, 0.717) is 11.8 Å². The fourth-order valence-electron chi connectivity index (χ4n) is 1.83. The highest BCUT2D eigenvalue weighted by Crippen LogP contribution is 2.39. The van der Waals surface area contributed by atoms with Crippen LogP contribution in [0.4, 0.5) is 0 Å². The van der Waals surface area contributed by atoms with Crippen molar-refractivity contribution in [2.45, 2.75) is 0 Å². The summed E-state index contributed by atoms with van der Waals surface area (Å²) < 4.78 is 4.70. The van der Waals surface area contributed by atoms with Crippen LogP contribution in [-0.2, 0) is 9.53 Å². The molecule has 0 radical (unpaired) electrons. The van der Waals surface area contributed by atoms with Crippen molar-refractivity contribution in [2.75, 3.05) is 7.11 Å². The molecule has 2 nitrogen and oxygen atoms in total. The van der Waals surface area contributed by atoms with Crippen molar-refractivity contribution < 1.29 is 9.53 Å². The van der Waals surface area contributed by atoms with Gasteiger partial charge in [0.05, 0.1) is 13.0 Å². The average molecular weight is 150 g/mol. The van der Waals surface area contributed by atoms with E-state index in [0.717, 1.165) is 0 Å². The van der Waals surface area contributed by atoms with Crippen LogP contribution in [0.2, 0.25) is 0 Å². The Morgan fingerprint density at radius 2 is 1.64 bits per heavy atom. The molecule has 2 heteroatoms. The summed E-state index contributed by atoms with van der Waals surface area (Å²) in [7, 11) is 1.44. The standard InChI is InChI=1S/C9H10O2/c1-11-9(10)8-6-2-3-7(8)5-4-6/h2-8H,1H3. The van der Waals surface area contributed by atoms with Crippen molar-refractivity contribution in [3.63, 3.8) is 0 Å². The van der Waals surface area contributed by atoms with Gasteiger partial charge in [0.2, 0.25) is 0 Å². The lowest BCUT2D eigenvalue weighted by Crippen LogP contribution is -2.21. The molecule has 0 spiro atoms. The second kappa shape index (κ2) is 2.22. The summed E-state index contributed by atoms with van der Waals surface area (Å²) in [6, 6.07) is 0. The minimum Gasteiger partial charge on any atom is -0.469 e. The van der Waals surface area contributed by atoms with Gasteiger partial charge in [-0.1, -0.05) is 24.3 Å². The van der Waals surface area contributed by atoms with Crippen LogP contribution in [0, 0.1) is 17.8 Å². The first-order chi connectivity index (χ1) is 5.33. The first-order valence-corrected chi connectivity index (χ1v) is 3.77. The molecule has 2 rings (SSSR count).